The van der Waals surface area contributed by atoms with E-state index in [1.807, 2.05) is 36.1 Å². The van der Waals surface area contributed by atoms with E-state index >= 15 is 0 Å². The molecule has 5 heteroatoms. The molecule has 19 heavy (non-hydrogen) atoms. The lowest BCUT2D eigenvalue weighted by atomic mass is 10.0. The monoisotopic (exact) mass is 346 g/mol. The molecule has 0 saturated carbocycles. The normalized spacial score (nSPS) is 19.9. The van der Waals surface area contributed by atoms with Crippen molar-refractivity contribution in [1.82, 2.24) is 4.90 Å². The Labute approximate surface area is 129 Å². The van der Waals surface area contributed by atoms with Gasteiger partial charge in [0.25, 0.3) is 0 Å². The van der Waals surface area contributed by atoms with E-state index < -0.39 is 0 Å². The van der Waals surface area contributed by atoms with Gasteiger partial charge in [0.2, 0.25) is 5.91 Å². The Kier molecular flexibility index (Phi) is 6.30. The molecule has 2 N–H and O–H groups in total. The average molecular weight is 348 g/mol. The van der Waals surface area contributed by atoms with Crippen LogP contribution in [0.2, 0.25) is 0 Å². The maximum Gasteiger partial charge on any atom is 0.227 e. The molecule has 0 radical (unpaired) electrons. The molecule has 2 rings (SSSR count). The van der Waals surface area contributed by atoms with Crippen LogP contribution < -0.4 is 5.73 Å². The standard InChI is InChI=1S/C14H19BrN2O.ClH/c1-10(16)12-5-6-17(9-12)14(18)8-11-3-2-4-13(15)7-11;/h2-4,7,10,12H,5-6,8-9,16H2,1H3;1H. The fourth-order valence-corrected chi connectivity index (χ4v) is 2.82. The van der Waals surface area contributed by atoms with Crippen LogP contribution >= 0.6 is 28.3 Å². The molecule has 0 aromatic heterocycles. The first-order valence-corrected chi connectivity index (χ1v) is 7.13. The summed E-state index contributed by atoms with van der Waals surface area (Å²) >= 11 is 3.42. The molecule has 0 bridgehead atoms. The molecule has 1 aromatic carbocycles. The zero-order valence-electron chi connectivity index (χ0n) is 11.0. The highest BCUT2D eigenvalue weighted by molar-refractivity contribution is 9.10. The molecule has 106 valence electrons. The van der Waals surface area contributed by atoms with Crippen LogP contribution in [-0.4, -0.2) is 29.9 Å². The zero-order chi connectivity index (χ0) is 13.1. The first kappa shape index (κ1) is 16.5. The summed E-state index contributed by atoms with van der Waals surface area (Å²) in [5, 5.41) is 0. The lowest BCUT2D eigenvalue weighted by molar-refractivity contribution is -0.129. The summed E-state index contributed by atoms with van der Waals surface area (Å²) in [7, 11) is 0. The van der Waals surface area contributed by atoms with Crippen molar-refractivity contribution in [2.24, 2.45) is 11.7 Å². The van der Waals surface area contributed by atoms with Crippen LogP contribution in [0.3, 0.4) is 0 Å². The number of benzene rings is 1. The number of nitrogens with two attached hydrogens (primary N) is 1. The first-order chi connectivity index (χ1) is 8.56. The third-order valence-electron chi connectivity index (χ3n) is 3.57. The predicted molar refractivity (Wildman–Crippen MR) is 83.4 cm³/mol. The number of nitrogens with zero attached hydrogens (tertiary/aromatic N) is 1. The minimum atomic E-state index is 0. The van der Waals surface area contributed by atoms with Gasteiger partial charge in [-0.2, -0.15) is 0 Å². The Balaban J connectivity index is 0.00000180. The number of likely N-dealkylation sites (tertiary alicyclic amines) is 1. The van der Waals surface area contributed by atoms with Crippen molar-refractivity contribution < 1.29 is 4.79 Å². The third-order valence-corrected chi connectivity index (χ3v) is 4.06. The summed E-state index contributed by atoms with van der Waals surface area (Å²) in [6.07, 6.45) is 1.51. The van der Waals surface area contributed by atoms with E-state index in [0.29, 0.717) is 12.3 Å². The van der Waals surface area contributed by atoms with E-state index in [1.165, 1.54) is 0 Å². The molecule has 1 amide bonds. The molecule has 1 fully saturated rings. The van der Waals surface area contributed by atoms with Gasteiger partial charge in [-0.15, -0.1) is 12.4 Å². The number of halogens is 2. The molecule has 0 aliphatic carbocycles. The predicted octanol–water partition coefficient (Wildman–Crippen LogP) is 2.61. The number of rotatable bonds is 3. The minimum Gasteiger partial charge on any atom is -0.342 e. The maximum absolute atomic E-state index is 12.2. The molecule has 2 unspecified atom stereocenters. The Morgan fingerprint density at radius 3 is 2.89 bits per heavy atom. The summed E-state index contributed by atoms with van der Waals surface area (Å²) in [5.41, 5.74) is 6.94. The molecule has 1 heterocycles. The Bertz CT molecular complexity index is 439. The molecule has 1 saturated heterocycles. The van der Waals surface area contributed by atoms with Crippen molar-refractivity contribution in [3.63, 3.8) is 0 Å². The summed E-state index contributed by atoms with van der Waals surface area (Å²) in [4.78, 5) is 14.1. The second-order valence-electron chi connectivity index (χ2n) is 5.05. The number of hydrogen-bond donors (Lipinski definition) is 1. The van der Waals surface area contributed by atoms with Crippen molar-refractivity contribution in [3.05, 3.63) is 34.3 Å². The number of carbonyl (C=O) groups is 1. The number of amides is 1. The van der Waals surface area contributed by atoms with E-state index in [0.717, 1.165) is 29.5 Å². The van der Waals surface area contributed by atoms with Crippen LogP contribution in [0, 0.1) is 5.92 Å². The van der Waals surface area contributed by atoms with Crippen molar-refractivity contribution in [2.75, 3.05) is 13.1 Å². The van der Waals surface area contributed by atoms with Crippen molar-refractivity contribution in [1.29, 1.82) is 0 Å². The Hall–Kier alpha value is -0.580. The molecule has 3 nitrogen and oxygen atoms in total. The van der Waals surface area contributed by atoms with Crippen LogP contribution in [0.1, 0.15) is 18.9 Å². The topological polar surface area (TPSA) is 46.3 Å². The second kappa shape index (κ2) is 7.27. The minimum absolute atomic E-state index is 0. The van der Waals surface area contributed by atoms with Crippen LogP contribution in [0.4, 0.5) is 0 Å². The van der Waals surface area contributed by atoms with E-state index in [1.54, 1.807) is 0 Å². The van der Waals surface area contributed by atoms with Gasteiger partial charge < -0.3 is 10.6 Å². The van der Waals surface area contributed by atoms with Gasteiger partial charge in [-0.25, -0.2) is 0 Å². The maximum atomic E-state index is 12.2. The van der Waals surface area contributed by atoms with Crippen LogP contribution in [-0.2, 0) is 11.2 Å². The highest BCUT2D eigenvalue weighted by atomic mass is 79.9. The average Bonchev–Trinajstić information content (AvgIpc) is 2.78. The molecular formula is C14H20BrClN2O. The third kappa shape index (κ3) is 4.48. The van der Waals surface area contributed by atoms with Crippen molar-refractivity contribution >= 4 is 34.2 Å². The molecule has 2 atom stereocenters. The summed E-state index contributed by atoms with van der Waals surface area (Å²) < 4.78 is 1.02. The van der Waals surface area contributed by atoms with Gasteiger partial charge in [-0.3, -0.25) is 4.79 Å². The van der Waals surface area contributed by atoms with E-state index in [9.17, 15) is 4.79 Å². The van der Waals surface area contributed by atoms with Gasteiger partial charge in [0.05, 0.1) is 6.42 Å². The first-order valence-electron chi connectivity index (χ1n) is 6.34. The molecule has 0 spiro atoms. The van der Waals surface area contributed by atoms with Crippen molar-refractivity contribution in [2.45, 2.75) is 25.8 Å². The highest BCUT2D eigenvalue weighted by Crippen LogP contribution is 2.20. The van der Waals surface area contributed by atoms with Crippen LogP contribution in [0.15, 0.2) is 28.7 Å². The van der Waals surface area contributed by atoms with Gasteiger partial charge in [0.15, 0.2) is 0 Å². The molecule has 1 aliphatic rings. The van der Waals surface area contributed by atoms with Gasteiger partial charge in [-0.05, 0) is 37.0 Å². The largest absolute Gasteiger partial charge is 0.342 e. The fourth-order valence-electron chi connectivity index (χ4n) is 2.38. The van der Waals surface area contributed by atoms with Gasteiger partial charge in [0, 0.05) is 23.6 Å². The van der Waals surface area contributed by atoms with Gasteiger partial charge in [-0.1, -0.05) is 28.1 Å². The van der Waals surface area contributed by atoms with Gasteiger partial charge >= 0.3 is 0 Å². The molecule has 1 aromatic rings. The Morgan fingerprint density at radius 2 is 2.32 bits per heavy atom. The van der Waals surface area contributed by atoms with E-state index in [-0.39, 0.29) is 24.4 Å². The summed E-state index contributed by atoms with van der Waals surface area (Å²) in [6.45, 7) is 3.68. The van der Waals surface area contributed by atoms with Crippen LogP contribution in [0.25, 0.3) is 0 Å². The quantitative estimate of drug-likeness (QED) is 0.913. The van der Waals surface area contributed by atoms with Crippen molar-refractivity contribution in [3.8, 4) is 0 Å². The lowest BCUT2D eigenvalue weighted by Crippen LogP contribution is -2.33. The number of carbonyl (C=O) groups excluding carboxylic acids is 1. The Morgan fingerprint density at radius 1 is 1.58 bits per heavy atom. The molecular weight excluding hydrogens is 328 g/mol. The smallest absolute Gasteiger partial charge is 0.227 e. The fraction of sp³-hybridized carbons (Fsp3) is 0.500. The number of hydrogen-bond acceptors (Lipinski definition) is 2. The summed E-state index contributed by atoms with van der Waals surface area (Å²) in [6, 6.07) is 8.09. The van der Waals surface area contributed by atoms with E-state index in [2.05, 4.69) is 15.9 Å². The summed E-state index contributed by atoms with van der Waals surface area (Å²) in [5.74, 6) is 0.660. The zero-order valence-corrected chi connectivity index (χ0v) is 13.4. The second-order valence-corrected chi connectivity index (χ2v) is 5.97. The van der Waals surface area contributed by atoms with Crippen LogP contribution in [0.5, 0.6) is 0 Å². The highest BCUT2D eigenvalue weighted by Gasteiger charge is 2.28. The lowest BCUT2D eigenvalue weighted by Gasteiger charge is -2.18. The molecule has 1 aliphatic heterocycles. The SMILES string of the molecule is CC(N)C1CCN(C(=O)Cc2cccc(Br)c2)C1.Cl. The van der Waals surface area contributed by atoms with Gasteiger partial charge in [0.1, 0.15) is 0 Å². The van der Waals surface area contributed by atoms with E-state index in [4.69, 9.17) is 5.73 Å².